The van der Waals surface area contributed by atoms with Crippen molar-refractivity contribution >= 4 is 34.4 Å². The molecule has 0 fully saturated rings. The van der Waals surface area contributed by atoms with Gasteiger partial charge >= 0.3 is 11.6 Å². The summed E-state index contributed by atoms with van der Waals surface area (Å²) in [5.74, 6) is -1.81. The molecule has 1 heterocycles. The van der Waals surface area contributed by atoms with Crippen molar-refractivity contribution < 1.29 is 24.2 Å². The number of fused-ring (bicyclic) bond motifs is 1. The zero-order valence-corrected chi connectivity index (χ0v) is 15.3. The third-order valence-corrected chi connectivity index (χ3v) is 4.40. The predicted octanol–water partition coefficient (Wildman–Crippen LogP) is 2.51. The van der Waals surface area contributed by atoms with Crippen LogP contribution in [0.3, 0.4) is 0 Å². The van der Waals surface area contributed by atoms with Crippen LogP contribution in [0, 0.1) is 0 Å². The van der Waals surface area contributed by atoms with Crippen molar-refractivity contribution in [3.8, 4) is 5.75 Å². The molecule has 144 valence electrons. The quantitative estimate of drug-likeness (QED) is 0.546. The van der Waals surface area contributed by atoms with E-state index in [-0.39, 0.29) is 24.2 Å². The second-order valence-corrected chi connectivity index (χ2v) is 6.67. The minimum absolute atomic E-state index is 0.0776. The van der Waals surface area contributed by atoms with Gasteiger partial charge < -0.3 is 19.9 Å². The van der Waals surface area contributed by atoms with E-state index < -0.39 is 23.5 Å². The van der Waals surface area contributed by atoms with E-state index >= 15 is 0 Å². The number of benzene rings is 2. The zero-order chi connectivity index (χ0) is 20.3. The number of carboxylic acid groups (broad SMARTS) is 1. The largest absolute Gasteiger partial charge is 0.508 e. The van der Waals surface area contributed by atoms with E-state index in [1.165, 1.54) is 24.3 Å². The first-order chi connectivity index (χ1) is 13.3. The summed E-state index contributed by atoms with van der Waals surface area (Å²) in [6.45, 7) is 0. The average molecular weight is 402 g/mol. The van der Waals surface area contributed by atoms with Gasteiger partial charge in [-0.15, -0.1) is 0 Å². The van der Waals surface area contributed by atoms with Crippen LogP contribution in [-0.2, 0) is 22.4 Å². The highest BCUT2D eigenvalue weighted by Gasteiger charge is 2.21. The van der Waals surface area contributed by atoms with Crippen LogP contribution in [0.4, 0.5) is 0 Å². The fraction of sp³-hybridized carbons (Fsp3) is 0.150. The molecule has 0 aliphatic rings. The molecule has 0 aliphatic heterocycles. The Morgan fingerprint density at radius 2 is 1.82 bits per heavy atom. The average Bonchev–Trinajstić information content (AvgIpc) is 2.62. The number of aromatic hydroxyl groups is 1. The minimum Gasteiger partial charge on any atom is -0.508 e. The molecule has 0 unspecified atom stereocenters. The van der Waals surface area contributed by atoms with Crippen LogP contribution in [0.25, 0.3) is 11.0 Å². The Hall–Kier alpha value is -3.32. The number of carbonyl (C=O) groups is 2. The monoisotopic (exact) mass is 401 g/mol. The normalized spacial score (nSPS) is 11.9. The summed E-state index contributed by atoms with van der Waals surface area (Å²) >= 11 is 5.82. The van der Waals surface area contributed by atoms with Crippen LogP contribution >= 0.6 is 11.6 Å². The molecule has 0 spiro atoms. The molecule has 0 aliphatic carbocycles. The van der Waals surface area contributed by atoms with Gasteiger partial charge in [-0.3, -0.25) is 4.79 Å². The van der Waals surface area contributed by atoms with Crippen molar-refractivity contribution in [2.24, 2.45) is 0 Å². The Morgan fingerprint density at radius 1 is 1.11 bits per heavy atom. The zero-order valence-electron chi connectivity index (χ0n) is 14.5. The lowest BCUT2D eigenvalue weighted by Gasteiger charge is -2.15. The van der Waals surface area contributed by atoms with E-state index in [1.807, 2.05) is 0 Å². The topological polar surface area (TPSA) is 117 Å². The van der Waals surface area contributed by atoms with Crippen molar-refractivity contribution in [2.45, 2.75) is 18.9 Å². The van der Waals surface area contributed by atoms with Crippen LogP contribution in [0.5, 0.6) is 5.75 Å². The summed E-state index contributed by atoms with van der Waals surface area (Å²) in [6.07, 6.45) is -0.124. The highest BCUT2D eigenvalue weighted by molar-refractivity contribution is 6.30. The third kappa shape index (κ3) is 4.69. The van der Waals surface area contributed by atoms with Gasteiger partial charge in [0.15, 0.2) is 0 Å². The van der Waals surface area contributed by atoms with Crippen molar-refractivity contribution in [1.29, 1.82) is 0 Å². The summed E-state index contributed by atoms with van der Waals surface area (Å²) in [5.41, 5.74) is 0.556. The molecule has 0 bridgehead atoms. The Bertz CT molecular complexity index is 1090. The van der Waals surface area contributed by atoms with E-state index in [9.17, 15) is 24.6 Å². The van der Waals surface area contributed by atoms with Gasteiger partial charge in [-0.05, 0) is 35.4 Å². The number of aliphatic carboxylic acids is 1. The maximum atomic E-state index is 12.4. The third-order valence-electron chi connectivity index (χ3n) is 4.15. The van der Waals surface area contributed by atoms with Gasteiger partial charge in [0.1, 0.15) is 17.4 Å². The number of nitrogens with one attached hydrogen (secondary N) is 1. The molecule has 3 rings (SSSR count). The van der Waals surface area contributed by atoms with Crippen LogP contribution in [0.15, 0.2) is 57.7 Å². The molecular formula is C20H16ClNO6. The van der Waals surface area contributed by atoms with Gasteiger partial charge in [0.05, 0.1) is 6.42 Å². The molecule has 3 N–H and O–H groups in total. The summed E-state index contributed by atoms with van der Waals surface area (Å²) < 4.78 is 5.02. The number of amides is 1. The Morgan fingerprint density at radius 3 is 2.50 bits per heavy atom. The smallest absolute Gasteiger partial charge is 0.336 e. The molecule has 7 nitrogen and oxygen atoms in total. The maximum absolute atomic E-state index is 12.4. The van der Waals surface area contributed by atoms with Crippen molar-refractivity contribution in [2.75, 3.05) is 0 Å². The van der Waals surface area contributed by atoms with Gasteiger partial charge in [0, 0.05) is 29.0 Å². The fourth-order valence-electron chi connectivity index (χ4n) is 2.84. The highest BCUT2D eigenvalue weighted by Crippen LogP contribution is 2.22. The fourth-order valence-corrected chi connectivity index (χ4v) is 2.97. The van der Waals surface area contributed by atoms with E-state index in [0.717, 1.165) is 0 Å². The number of phenols is 1. The number of halogens is 1. The van der Waals surface area contributed by atoms with Gasteiger partial charge in [0.2, 0.25) is 5.91 Å². The summed E-state index contributed by atoms with van der Waals surface area (Å²) in [4.78, 5) is 35.7. The predicted molar refractivity (Wildman–Crippen MR) is 103 cm³/mol. The first kappa shape index (κ1) is 19.4. The Labute approximate surface area is 164 Å². The van der Waals surface area contributed by atoms with Crippen molar-refractivity contribution in [1.82, 2.24) is 5.32 Å². The number of rotatable bonds is 6. The minimum atomic E-state index is -1.18. The van der Waals surface area contributed by atoms with Crippen LogP contribution in [0.2, 0.25) is 5.02 Å². The SMILES string of the molecule is O=C(Cc1cc(=O)oc2cc(O)ccc12)N[C@H](Cc1ccc(Cl)cc1)C(=O)O. The lowest BCUT2D eigenvalue weighted by atomic mass is 10.0. The molecule has 0 saturated heterocycles. The molecule has 1 atom stereocenters. The second kappa shape index (κ2) is 8.14. The molecule has 3 aromatic rings. The molecule has 2 aromatic carbocycles. The Kier molecular flexibility index (Phi) is 5.65. The first-order valence-electron chi connectivity index (χ1n) is 8.34. The van der Waals surface area contributed by atoms with Crippen molar-refractivity contribution in [3.63, 3.8) is 0 Å². The van der Waals surface area contributed by atoms with Gasteiger partial charge in [0.25, 0.3) is 0 Å². The van der Waals surface area contributed by atoms with Gasteiger partial charge in [-0.1, -0.05) is 23.7 Å². The van der Waals surface area contributed by atoms with E-state index in [1.54, 1.807) is 24.3 Å². The Balaban J connectivity index is 1.78. The number of carboxylic acids is 1. The van der Waals surface area contributed by atoms with E-state index in [4.69, 9.17) is 16.0 Å². The van der Waals surface area contributed by atoms with Crippen LogP contribution < -0.4 is 10.9 Å². The van der Waals surface area contributed by atoms with Gasteiger partial charge in [-0.2, -0.15) is 0 Å². The standard InChI is InChI=1S/C20H16ClNO6/c21-13-3-1-11(2-4-13)7-16(20(26)27)22-18(24)8-12-9-19(25)28-17-10-14(23)5-6-15(12)17/h1-6,9-10,16,23H,7-8H2,(H,22,24)(H,26,27)/t16-/m1/s1. The van der Waals surface area contributed by atoms with E-state index in [2.05, 4.69) is 5.32 Å². The second-order valence-electron chi connectivity index (χ2n) is 6.24. The van der Waals surface area contributed by atoms with Crippen LogP contribution in [0.1, 0.15) is 11.1 Å². The molecule has 0 radical (unpaired) electrons. The first-order valence-corrected chi connectivity index (χ1v) is 8.72. The maximum Gasteiger partial charge on any atom is 0.336 e. The molecule has 0 saturated carbocycles. The summed E-state index contributed by atoms with van der Waals surface area (Å²) in [5, 5.41) is 22.4. The van der Waals surface area contributed by atoms with E-state index in [0.29, 0.717) is 21.5 Å². The lowest BCUT2D eigenvalue weighted by molar-refractivity contribution is -0.141. The number of hydrogen-bond donors (Lipinski definition) is 3. The number of phenolic OH excluding ortho intramolecular Hbond substituents is 1. The van der Waals surface area contributed by atoms with Crippen molar-refractivity contribution in [3.05, 3.63) is 75.1 Å². The molecular weight excluding hydrogens is 386 g/mol. The molecule has 1 amide bonds. The number of carbonyl (C=O) groups excluding carboxylic acids is 1. The molecule has 1 aromatic heterocycles. The molecule has 8 heteroatoms. The van der Waals surface area contributed by atoms with Gasteiger partial charge in [-0.25, -0.2) is 9.59 Å². The van der Waals surface area contributed by atoms with Crippen LogP contribution in [-0.4, -0.2) is 28.1 Å². The molecule has 28 heavy (non-hydrogen) atoms. The lowest BCUT2D eigenvalue weighted by Crippen LogP contribution is -2.43. The number of hydrogen-bond acceptors (Lipinski definition) is 5. The highest BCUT2D eigenvalue weighted by atomic mass is 35.5. The summed E-state index contributed by atoms with van der Waals surface area (Å²) in [6, 6.07) is 10.9. The summed E-state index contributed by atoms with van der Waals surface area (Å²) in [7, 11) is 0.